The van der Waals surface area contributed by atoms with E-state index in [1.165, 1.54) is 23.9 Å². The number of carbonyl (C=O) groups is 1. The Balaban J connectivity index is 1.48. The molecule has 1 amide bonds. The number of likely N-dealkylation sites (tertiary alicyclic amines) is 1. The Hall–Kier alpha value is -3.26. The monoisotopic (exact) mass is 580 g/mol. The van der Waals surface area contributed by atoms with Crippen LogP contribution in [-0.4, -0.2) is 76.9 Å². The number of alkyl halides is 4. The number of carbonyl (C=O) groups excluding carboxylic acids is 1. The normalized spacial score (nSPS) is 19.2. The number of amidine groups is 1. The van der Waals surface area contributed by atoms with Gasteiger partial charge in [-0.2, -0.15) is 13.2 Å². The van der Waals surface area contributed by atoms with Crippen LogP contribution in [0.25, 0.3) is 0 Å². The van der Waals surface area contributed by atoms with Gasteiger partial charge >= 0.3 is 6.18 Å². The number of anilines is 2. The third-order valence-electron chi connectivity index (χ3n) is 6.56. The summed E-state index contributed by atoms with van der Waals surface area (Å²) in [6.07, 6.45) is -4.32. The van der Waals surface area contributed by atoms with Crippen LogP contribution in [0.2, 0.25) is 0 Å². The molecule has 1 aromatic heterocycles. The molecular formula is C26H32F4N8OS. The first-order valence-corrected chi connectivity index (χ1v) is 13.8. The van der Waals surface area contributed by atoms with Gasteiger partial charge in [0.05, 0.1) is 0 Å². The van der Waals surface area contributed by atoms with Crippen molar-refractivity contribution in [3.8, 4) is 0 Å². The summed E-state index contributed by atoms with van der Waals surface area (Å²) < 4.78 is 51.0. The molecular weight excluding hydrogens is 548 g/mol. The first-order chi connectivity index (χ1) is 18.9. The van der Waals surface area contributed by atoms with Gasteiger partial charge < -0.3 is 21.4 Å². The van der Waals surface area contributed by atoms with Crippen LogP contribution in [0.1, 0.15) is 39.0 Å². The highest BCUT2D eigenvalue weighted by atomic mass is 32.2. The van der Waals surface area contributed by atoms with Gasteiger partial charge in [-0.3, -0.25) is 9.69 Å². The number of aliphatic imine (C=N–C) groups is 1. The summed E-state index contributed by atoms with van der Waals surface area (Å²) in [4.78, 5) is 30.3. The second-order valence-electron chi connectivity index (χ2n) is 9.99. The van der Waals surface area contributed by atoms with E-state index in [9.17, 15) is 22.4 Å². The summed E-state index contributed by atoms with van der Waals surface area (Å²) in [5.74, 6) is 0.141. The Morgan fingerprint density at radius 2 is 1.88 bits per heavy atom. The van der Waals surface area contributed by atoms with Gasteiger partial charge in [0.15, 0.2) is 11.0 Å². The number of piperidine rings is 1. The highest BCUT2D eigenvalue weighted by Gasteiger charge is 2.32. The topological polar surface area (TPSA) is 124 Å². The lowest BCUT2D eigenvalue weighted by Gasteiger charge is -2.37. The zero-order valence-corrected chi connectivity index (χ0v) is 22.9. The van der Waals surface area contributed by atoms with Crippen LogP contribution in [0, 0.1) is 5.41 Å². The molecule has 0 aliphatic carbocycles. The number of aromatic nitrogens is 2. The minimum Gasteiger partial charge on any atom is -0.387 e. The van der Waals surface area contributed by atoms with Gasteiger partial charge in [-0.05, 0) is 62.2 Å². The molecule has 14 heteroatoms. The second kappa shape index (κ2) is 12.9. The number of nitrogens with zero attached hydrogens (tertiary/aromatic N) is 5. The summed E-state index contributed by atoms with van der Waals surface area (Å²) in [6, 6.07) is 8.42. The minimum absolute atomic E-state index is 0.208. The first kappa shape index (κ1) is 29.7. The van der Waals surface area contributed by atoms with Crippen LogP contribution in [0.15, 0.2) is 45.4 Å². The fourth-order valence-electron chi connectivity index (χ4n) is 4.76. The summed E-state index contributed by atoms with van der Waals surface area (Å²) >= 11 is 1.24. The molecule has 0 bridgehead atoms. The van der Waals surface area contributed by atoms with Crippen LogP contribution >= 0.6 is 11.8 Å². The lowest BCUT2D eigenvalue weighted by molar-refractivity contribution is -0.150. The number of rotatable bonds is 9. The molecule has 2 aliphatic heterocycles. The van der Waals surface area contributed by atoms with Crippen LogP contribution in [0.4, 0.5) is 34.9 Å². The molecule has 3 heterocycles. The predicted octanol–water partition coefficient (Wildman–Crippen LogP) is 4.95. The predicted molar refractivity (Wildman–Crippen MR) is 148 cm³/mol. The van der Waals surface area contributed by atoms with E-state index in [2.05, 4.69) is 25.1 Å². The van der Waals surface area contributed by atoms with Crippen LogP contribution in [-0.2, 0) is 4.79 Å². The highest BCUT2D eigenvalue weighted by Crippen LogP contribution is 2.32. The van der Waals surface area contributed by atoms with Crippen molar-refractivity contribution < 1.29 is 22.4 Å². The van der Waals surface area contributed by atoms with Crippen molar-refractivity contribution in [1.82, 2.24) is 14.9 Å². The Morgan fingerprint density at radius 1 is 1.18 bits per heavy atom. The second-order valence-corrected chi connectivity index (χ2v) is 11.0. The molecule has 1 unspecified atom stereocenters. The Bertz CT molecular complexity index is 1230. The molecule has 216 valence electrons. The lowest BCUT2D eigenvalue weighted by Crippen LogP contribution is -2.44. The maximum atomic E-state index is 13.7. The van der Waals surface area contributed by atoms with Gasteiger partial charge in [0, 0.05) is 61.0 Å². The smallest absolute Gasteiger partial charge is 0.387 e. The van der Waals surface area contributed by atoms with E-state index in [1.54, 1.807) is 25.1 Å². The van der Waals surface area contributed by atoms with E-state index in [0.717, 1.165) is 32.5 Å². The molecule has 2 aliphatic rings. The molecule has 4 N–H and O–H groups in total. The average Bonchev–Trinajstić information content (AvgIpc) is 3.30. The van der Waals surface area contributed by atoms with Crippen molar-refractivity contribution in [1.29, 1.82) is 5.41 Å². The quantitative estimate of drug-likeness (QED) is 0.166. The van der Waals surface area contributed by atoms with Crippen LogP contribution in [0.3, 0.4) is 0 Å². The molecule has 9 nitrogen and oxygen atoms in total. The van der Waals surface area contributed by atoms with E-state index in [-0.39, 0.29) is 17.9 Å². The average molecular weight is 581 g/mol. The number of nitrogens with two attached hydrogens (primary N) is 1. The van der Waals surface area contributed by atoms with Crippen LogP contribution < -0.4 is 16.0 Å². The van der Waals surface area contributed by atoms with E-state index in [0.29, 0.717) is 46.4 Å². The third-order valence-corrected chi connectivity index (χ3v) is 7.43. The van der Waals surface area contributed by atoms with Crippen molar-refractivity contribution >= 4 is 46.5 Å². The van der Waals surface area contributed by atoms with E-state index < -0.39 is 24.7 Å². The molecule has 1 aromatic carbocycles. The van der Waals surface area contributed by atoms with Gasteiger partial charge in [-0.25, -0.2) is 19.4 Å². The highest BCUT2D eigenvalue weighted by molar-refractivity contribution is 7.99. The molecule has 2 saturated heterocycles. The molecule has 2 aromatic rings. The lowest BCUT2D eigenvalue weighted by atomic mass is 10.0. The zero-order valence-electron chi connectivity index (χ0n) is 22.0. The molecule has 0 radical (unpaired) electrons. The summed E-state index contributed by atoms with van der Waals surface area (Å²) in [7, 11) is 0. The summed E-state index contributed by atoms with van der Waals surface area (Å²) in [6.45, 7) is 4.40. The van der Waals surface area contributed by atoms with Gasteiger partial charge in [0.1, 0.15) is 24.2 Å². The first-order valence-electron chi connectivity index (χ1n) is 13.0. The Labute approximate surface area is 234 Å². The van der Waals surface area contributed by atoms with E-state index >= 15 is 0 Å². The van der Waals surface area contributed by atoms with E-state index in [1.807, 2.05) is 0 Å². The number of hydrogen-bond donors (Lipinski definition) is 3. The molecule has 0 saturated carbocycles. The standard InChI is InChI=1S/C26H32F4N8OS/c1-16(31)12-21(32)34-22-13-23(37-10-7-19(8-11-37)38-9-6-17(27)15-38)36-25(35-22)40-20-4-2-18(3-5-20)33-24(39)14-26(28,29)30/h2-5,13,17,19,31H,6-12,14-15H2,1H3,(H,33,39)(H2,32,34,35,36). The van der Waals surface area contributed by atoms with Crippen molar-refractivity contribution in [3.05, 3.63) is 30.3 Å². The molecule has 1 atom stereocenters. The van der Waals surface area contributed by atoms with Crippen molar-refractivity contribution in [2.45, 2.75) is 67.5 Å². The number of hydrogen-bond acceptors (Lipinski definition) is 8. The van der Waals surface area contributed by atoms with Gasteiger partial charge in [-0.15, -0.1) is 0 Å². The molecule has 40 heavy (non-hydrogen) atoms. The van der Waals surface area contributed by atoms with Gasteiger partial charge in [-0.1, -0.05) is 0 Å². The fourth-order valence-corrected chi connectivity index (χ4v) is 5.52. The molecule has 0 spiro atoms. The SMILES string of the molecule is CC(=N)CC(N)=Nc1cc(N2CCC(N3CCC(F)C3)CC2)nc(Sc2ccc(NC(=O)CC(F)(F)F)cc2)n1. The zero-order chi connectivity index (χ0) is 28.9. The minimum atomic E-state index is -4.58. The van der Waals surface area contributed by atoms with Crippen molar-refractivity contribution in [2.24, 2.45) is 10.7 Å². The number of nitrogens with one attached hydrogen (secondary N) is 2. The molecule has 4 rings (SSSR count). The third kappa shape index (κ3) is 8.88. The fraction of sp³-hybridized carbons (Fsp3) is 0.500. The number of amides is 1. The Kier molecular flexibility index (Phi) is 9.61. The Morgan fingerprint density at radius 3 is 2.48 bits per heavy atom. The number of halogens is 4. The van der Waals surface area contributed by atoms with E-state index in [4.69, 9.17) is 16.1 Å². The summed E-state index contributed by atoms with van der Waals surface area (Å²) in [5, 5.41) is 10.3. The molecule has 2 fully saturated rings. The van der Waals surface area contributed by atoms with Crippen molar-refractivity contribution in [2.75, 3.05) is 36.4 Å². The summed E-state index contributed by atoms with van der Waals surface area (Å²) in [5.41, 5.74) is 6.63. The van der Waals surface area contributed by atoms with Crippen molar-refractivity contribution in [3.63, 3.8) is 0 Å². The maximum absolute atomic E-state index is 13.7. The van der Waals surface area contributed by atoms with Crippen LogP contribution in [0.5, 0.6) is 0 Å². The number of benzene rings is 1. The maximum Gasteiger partial charge on any atom is 0.397 e. The largest absolute Gasteiger partial charge is 0.397 e. The van der Waals surface area contributed by atoms with Gasteiger partial charge in [0.25, 0.3) is 0 Å². The van der Waals surface area contributed by atoms with Gasteiger partial charge in [0.2, 0.25) is 5.91 Å².